The maximum atomic E-state index is 13.8. The van der Waals surface area contributed by atoms with E-state index in [1.165, 1.54) is 13.2 Å². The maximum Gasteiger partial charge on any atom is 0.319 e. The highest BCUT2D eigenvalue weighted by atomic mass is 19.1. The van der Waals surface area contributed by atoms with Crippen LogP contribution in [0.2, 0.25) is 0 Å². The summed E-state index contributed by atoms with van der Waals surface area (Å²) in [5.41, 5.74) is 0.620. The van der Waals surface area contributed by atoms with Crippen LogP contribution in [0.4, 0.5) is 14.9 Å². The second-order valence-electron chi connectivity index (χ2n) is 5.26. The molecule has 0 radical (unpaired) electrons. The highest BCUT2D eigenvalue weighted by Crippen LogP contribution is 2.26. The van der Waals surface area contributed by atoms with Crippen LogP contribution < -0.4 is 10.6 Å². The van der Waals surface area contributed by atoms with E-state index >= 15 is 0 Å². The van der Waals surface area contributed by atoms with E-state index in [4.69, 9.17) is 4.74 Å². The summed E-state index contributed by atoms with van der Waals surface area (Å²) in [5, 5.41) is 5.25. The number of carbonyl (C=O) groups is 2. The summed E-state index contributed by atoms with van der Waals surface area (Å²) in [7, 11) is 1.36. The molecule has 6 heteroatoms. The number of amides is 2. The number of ether oxygens (including phenoxy) is 1. The fourth-order valence-electron chi connectivity index (χ4n) is 2.58. The largest absolute Gasteiger partial charge is 0.469 e. The van der Waals surface area contributed by atoms with Gasteiger partial charge in [-0.1, -0.05) is 12.1 Å². The molecule has 1 fully saturated rings. The van der Waals surface area contributed by atoms with Gasteiger partial charge in [-0.2, -0.15) is 0 Å². The fourth-order valence-corrected chi connectivity index (χ4v) is 2.58. The third kappa shape index (κ3) is 3.71. The summed E-state index contributed by atoms with van der Waals surface area (Å²) >= 11 is 0. The molecule has 2 atom stereocenters. The molecule has 2 N–H and O–H groups in total. The van der Waals surface area contributed by atoms with Gasteiger partial charge in [-0.25, -0.2) is 9.18 Å². The SMILES string of the molecule is COC(=O)[C@H]1CC[C@@H](NC(=O)Nc2cccc(C)c2F)C1. The van der Waals surface area contributed by atoms with E-state index in [1.807, 2.05) is 0 Å². The molecule has 0 bridgehead atoms. The third-order valence-corrected chi connectivity index (χ3v) is 3.74. The van der Waals surface area contributed by atoms with Crippen molar-refractivity contribution < 1.29 is 18.7 Å². The molecule has 114 valence electrons. The number of carbonyl (C=O) groups excluding carboxylic acids is 2. The number of halogens is 1. The van der Waals surface area contributed by atoms with Gasteiger partial charge in [-0.05, 0) is 37.8 Å². The average molecular weight is 294 g/mol. The lowest BCUT2D eigenvalue weighted by atomic mass is 10.1. The van der Waals surface area contributed by atoms with Crippen LogP contribution in [0.1, 0.15) is 24.8 Å². The van der Waals surface area contributed by atoms with E-state index in [9.17, 15) is 14.0 Å². The molecule has 0 aliphatic heterocycles. The minimum Gasteiger partial charge on any atom is -0.469 e. The zero-order chi connectivity index (χ0) is 15.4. The minimum absolute atomic E-state index is 0.0954. The quantitative estimate of drug-likeness (QED) is 0.842. The van der Waals surface area contributed by atoms with Crippen LogP contribution in [0.25, 0.3) is 0 Å². The molecule has 1 saturated carbocycles. The second kappa shape index (κ2) is 6.56. The van der Waals surface area contributed by atoms with Crippen LogP contribution in [0, 0.1) is 18.7 Å². The summed E-state index contributed by atoms with van der Waals surface area (Å²) < 4.78 is 18.5. The number of hydrogen-bond donors (Lipinski definition) is 2. The number of urea groups is 1. The Kier molecular flexibility index (Phi) is 4.77. The van der Waals surface area contributed by atoms with Crippen molar-refractivity contribution in [3.8, 4) is 0 Å². The molecule has 0 aromatic heterocycles. The molecular formula is C15H19FN2O3. The fraction of sp³-hybridized carbons (Fsp3) is 0.467. The Morgan fingerprint density at radius 1 is 1.33 bits per heavy atom. The lowest BCUT2D eigenvalue weighted by Gasteiger charge is -2.14. The van der Waals surface area contributed by atoms with Crippen LogP contribution in [0.15, 0.2) is 18.2 Å². The van der Waals surface area contributed by atoms with E-state index in [0.29, 0.717) is 24.8 Å². The highest BCUT2D eigenvalue weighted by Gasteiger charge is 2.31. The molecule has 1 aromatic rings. The normalized spacial score (nSPS) is 20.9. The van der Waals surface area contributed by atoms with E-state index in [2.05, 4.69) is 10.6 Å². The lowest BCUT2D eigenvalue weighted by Crippen LogP contribution is -2.37. The zero-order valence-corrected chi connectivity index (χ0v) is 12.1. The summed E-state index contributed by atoms with van der Waals surface area (Å²) in [6.07, 6.45) is 1.95. The Morgan fingerprint density at radius 2 is 2.10 bits per heavy atom. The first-order valence-corrected chi connectivity index (χ1v) is 6.91. The molecule has 21 heavy (non-hydrogen) atoms. The van der Waals surface area contributed by atoms with Gasteiger partial charge in [0.25, 0.3) is 0 Å². The zero-order valence-electron chi connectivity index (χ0n) is 12.1. The van der Waals surface area contributed by atoms with Gasteiger partial charge in [0, 0.05) is 6.04 Å². The van der Waals surface area contributed by atoms with Crippen molar-refractivity contribution in [2.24, 2.45) is 5.92 Å². The number of esters is 1. The van der Waals surface area contributed by atoms with Gasteiger partial charge in [-0.15, -0.1) is 0 Å². The standard InChI is InChI=1S/C15H19FN2O3/c1-9-4-3-5-12(13(9)16)18-15(20)17-11-7-6-10(8-11)14(19)21-2/h3-5,10-11H,6-8H2,1-2H3,(H2,17,18,20)/t10-,11+/m0/s1. The Balaban J connectivity index is 1.88. The average Bonchev–Trinajstić information content (AvgIpc) is 2.91. The van der Waals surface area contributed by atoms with E-state index in [-0.39, 0.29) is 23.6 Å². The molecule has 0 spiro atoms. The van der Waals surface area contributed by atoms with Crippen LogP contribution >= 0.6 is 0 Å². The molecule has 2 rings (SSSR count). The van der Waals surface area contributed by atoms with Crippen molar-refractivity contribution in [3.63, 3.8) is 0 Å². The number of rotatable bonds is 3. The number of aryl methyl sites for hydroxylation is 1. The van der Waals surface area contributed by atoms with Crippen LogP contribution in [0.3, 0.4) is 0 Å². The molecular weight excluding hydrogens is 275 g/mol. The molecule has 1 aliphatic carbocycles. The van der Waals surface area contributed by atoms with Gasteiger partial charge >= 0.3 is 12.0 Å². The lowest BCUT2D eigenvalue weighted by molar-refractivity contribution is -0.145. The number of nitrogens with one attached hydrogen (secondary N) is 2. The maximum absolute atomic E-state index is 13.8. The number of benzene rings is 1. The molecule has 2 amide bonds. The predicted molar refractivity (Wildman–Crippen MR) is 76.4 cm³/mol. The topological polar surface area (TPSA) is 67.4 Å². The summed E-state index contributed by atoms with van der Waals surface area (Å²) in [6.45, 7) is 1.64. The smallest absolute Gasteiger partial charge is 0.319 e. The summed E-state index contributed by atoms with van der Waals surface area (Å²) in [4.78, 5) is 23.3. The van der Waals surface area contributed by atoms with Gasteiger partial charge in [0.05, 0.1) is 18.7 Å². The Hall–Kier alpha value is -2.11. The highest BCUT2D eigenvalue weighted by molar-refractivity contribution is 5.89. The Morgan fingerprint density at radius 3 is 2.81 bits per heavy atom. The molecule has 0 unspecified atom stereocenters. The van der Waals surface area contributed by atoms with Crippen LogP contribution in [-0.4, -0.2) is 25.2 Å². The number of hydrogen-bond acceptors (Lipinski definition) is 3. The van der Waals surface area contributed by atoms with Gasteiger partial charge in [0.2, 0.25) is 0 Å². The minimum atomic E-state index is -0.463. The van der Waals surface area contributed by atoms with Crippen LogP contribution in [-0.2, 0) is 9.53 Å². The summed E-state index contributed by atoms with van der Waals surface area (Å²) in [5.74, 6) is -0.855. The van der Waals surface area contributed by atoms with Crippen molar-refractivity contribution >= 4 is 17.7 Å². The molecule has 0 heterocycles. The molecule has 5 nitrogen and oxygen atoms in total. The van der Waals surface area contributed by atoms with Gasteiger partial charge in [0.15, 0.2) is 0 Å². The molecule has 0 saturated heterocycles. The van der Waals surface area contributed by atoms with Crippen molar-refractivity contribution in [3.05, 3.63) is 29.6 Å². The first kappa shape index (κ1) is 15.3. The molecule has 1 aliphatic rings. The number of anilines is 1. The van der Waals surface area contributed by atoms with Gasteiger partial charge in [-0.3, -0.25) is 4.79 Å². The van der Waals surface area contributed by atoms with Crippen molar-refractivity contribution in [1.82, 2.24) is 5.32 Å². The number of methoxy groups -OCH3 is 1. The second-order valence-corrected chi connectivity index (χ2v) is 5.26. The van der Waals surface area contributed by atoms with Crippen molar-refractivity contribution in [1.29, 1.82) is 0 Å². The third-order valence-electron chi connectivity index (χ3n) is 3.74. The van der Waals surface area contributed by atoms with E-state index in [1.54, 1.807) is 19.1 Å². The van der Waals surface area contributed by atoms with Crippen LogP contribution in [0.5, 0.6) is 0 Å². The van der Waals surface area contributed by atoms with Gasteiger partial charge < -0.3 is 15.4 Å². The molecule has 1 aromatic carbocycles. The van der Waals surface area contributed by atoms with Crippen molar-refractivity contribution in [2.45, 2.75) is 32.2 Å². The van der Waals surface area contributed by atoms with Gasteiger partial charge in [0.1, 0.15) is 5.82 Å². The van der Waals surface area contributed by atoms with Crippen molar-refractivity contribution in [2.75, 3.05) is 12.4 Å². The Labute approximate surface area is 122 Å². The first-order chi connectivity index (χ1) is 10.0. The van der Waals surface area contributed by atoms with E-state index in [0.717, 1.165) is 0 Å². The van der Waals surface area contributed by atoms with E-state index < -0.39 is 11.8 Å². The first-order valence-electron chi connectivity index (χ1n) is 6.91. The monoisotopic (exact) mass is 294 g/mol. The summed E-state index contributed by atoms with van der Waals surface area (Å²) in [6, 6.07) is 4.26. The Bertz CT molecular complexity index is 548. The predicted octanol–water partition coefficient (Wildman–Crippen LogP) is 2.60.